The maximum Gasteiger partial charge on any atom is 0.158 e. The van der Waals surface area contributed by atoms with Gasteiger partial charge in [-0.05, 0) is 0 Å². The molecule has 0 aromatic rings. The number of hydrogen-bond donors (Lipinski definition) is 1. The summed E-state index contributed by atoms with van der Waals surface area (Å²) in [6, 6.07) is 1.94. The summed E-state index contributed by atoms with van der Waals surface area (Å²) in [6.07, 6.45) is 0.455. The second kappa shape index (κ2) is 6.42. The van der Waals surface area contributed by atoms with Crippen LogP contribution in [-0.2, 0) is 9.47 Å². The van der Waals surface area contributed by atoms with Crippen LogP contribution in [0.5, 0.6) is 0 Å². The fraction of sp³-hybridized carbons (Fsp3) is 0.833. The molecule has 0 atom stereocenters. The molecule has 0 aromatic heterocycles. The molecule has 10 heavy (non-hydrogen) atoms. The van der Waals surface area contributed by atoms with Crippen molar-refractivity contribution in [3.8, 4) is 0 Å². The highest BCUT2D eigenvalue weighted by molar-refractivity contribution is 5.35. The molecule has 0 bridgehead atoms. The molecule has 0 aliphatic rings. The average molecular weight is 144 g/mol. The summed E-state index contributed by atoms with van der Waals surface area (Å²) in [6.45, 7) is 0.524. The first-order valence-electron chi connectivity index (χ1n) is 2.99. The molecule has 1 N–H and O–H groups in total. The maximum absolute atomic E-state index is 6.46. The normalized spacial score (nSPS) is 9.50. The number of rotatable bonds is 5. The summed E-state index contributed by atoms with van der Waals surface area (Å²) in [5, 5.41) is 6.46. The molecule has 0 saturated heterocycles. The first-order chi connectivity index (χ1) is 4.85. The highest BCUT2D eigenvalue weighted by Gasteiger charge is 2.01. The van der Waals surface area contributed by atoms with Crippen LogP contribution in [0.25, 0.3) is 0 Å². The van der Waals surface area contributed by atoms with Gasteiger partial charge in [0.15, 0.2) is 6.29 Å². The predicted molar refractivity (Wildman–Crippen MR) is 37.4 cm³/mol. The minimum absolute atomic E-state index is 0.211. The van der Waals surface area contributed by atoms with E-state index in [-0.39, 0.29) is 6.29 Å². The number of methoxy groups -OCH3 is 2. The second-order valence-electron chi connectivity index (χ2n) is 1.68. The lowest BCUT2D eigenvalue weighted by molar-refractivity contribution is -0.104. The van der Waals surface area contributed by atoms with Crippen molar-refractivity contribution < 1.29 is 9.47 Å². The van der Waals surface area contributed by atoms with Crippen molar-refractivity contribution in [2.24, 2.45) is 4.99 Å². The molecule has 0 saturated carbocycles. The Morgan fingerprint density at radius 3 is 2.50 bits per heavy atom. The Kier molecular flexibility index (Phi) is 5.97. The van der Waals surface area contributed by atoms with Gasteiger partial charge in [0.1, 0.15) is 0 Å². The minimum Gasteiger partial charge on any atom is -0.356 e. The number of hydrogen-bond acceptors (Lipinski definition) is 4. The summed E-state index contributed by atoms with van der Waals surface area (Å²) in [5.74, 6) is 0. The summed E-state index contributed by atoms with van der Waals surface area (Å²) in [7, 11) is 3.14. The summed E-state index contributed by atoms with van der Waals surface area (Å²) in [4.78, 5) is 3.56. The van der Waals surface area contributed by atoms with Gasteiger partial charge in [0.25, 0.3) is 0 Å². The third kappa shape index (κ3) is 4.21. The van der Waals surface area contributed by atoms with Gasteiger partial charge in [-0.3, -0.25) is 0 Å². The van der Waals surface area contributed by atoms with Crippen LogP contribution in [0.4, 0.5) is 0 Å². The third-order valence-electron chi connectivity index (χ3n) is 1.08. The molecule has 4 heteroatoms. The van der Waals surface area contributed by atoms with Crippen molar-refractivity contribution in [1.29, 1.82) is 5.41 Å². The van der Waals surface area contributed by atoms with E-state index in [1.54, 1.807) is 14.2 Å². The zero-order chi connectivity index (χ0) is 7.82. The van der Waals surface area contributed by atoms with Gasteiger partial charge >= 0.3 is 0 Å². The van der Waals surface area contributed by atoms with Gasteiger partial charge in [0, 0.05) is 20.6 Å². The molecule has 0 heterocycles. The quantitative estimate of drug-likeness (QED) is 0.457. The molecule has 0 aromatic carbocycles. The maximum atomic E-state index is 6.46. The van der Waals surface area contributed by atoms with Crippen LogP contribution in [0.3, 0.4) is 0 Å². The van der Waals surface area contributed by atoms with Gasteiger partial charge in [-0.2, -0.15) is 0 Å². The number of ether oxygens (including phenoxy) is 2. The SMILES string of the molecule is COC(CCN=C=N)OC. The van der Waals surface area contributed by atoms with Crippen LogP contribution in [0.2, 0.25) is 0 Å². The van der Waals surface area contributed by atoms with Crippen LogP contribution >= 0.6 is 0 Å². The summed E-state index contributed by atoms with van der Waals surface area (Å²) >= 11 is 0. The summed E-state index contributed by atoms with van der Waals surface area (Å²) < 4.78 is 9.75. The first kappa shape index (κ1) is 9.30. The van der Waals surface area contributed by atoms with E-state index in [1.807, 2.05) is 6.01 Å². The van der Waals surface area contributed by atoms with Gasteiger partial charge < -0.3 is 9.47 Å². The van der Waals surface area contributed by atoms with Gasteiger partial charge in [-0.1, -0.05) is 0 Å². The van der Waals surface area contributed by atoms with E-state index in [1.165, 1.54) is 0 Å². The Balaban J connectivity index is 3.34. The van der Waals surface area contributed by atoms with Gasteiger partial charge in [0.2, 0.25) is 0 Å². The van der Waals surface area contributed by atoms with Crippen molar-refractivity contribution in [1.82, 2.24) is 0 Å². The molecular formula is C6H12N2O2. The average Bonchev–Trinajstić information content (AvgIpc) is 1.99. The summed E-state index contributed by atoms with van der Waals surface area (Å²) in [5.41, 5.74) is 0. The Morgan fingerprint density at radius 2 is 2.10 bits per heavy atom. The lowest BCUT2D eigenvalue weighted by atomic mass is 10.4. The molecule has 0 unspecified atom stereocenters. The standard InChI is InChI=1S/C6H12N2O2/c1-9-6(10-2)3-4-8-5-7/h6-7H,3-4H2,1-2H3. The molecule has 0 fully saturated rings. The second-order valence-corrected chi connectivity index (χ2v) is 1.68. The van der Waals surface area contributed by atoms with Crippen molar-refractivity contribution in [3.63, 3.8) is 0 Å². The highest BCUT2D eigenvalue weighted by atomic mass is 16.7. The molecule has 0 rings (SSSR count). The minimum atomic E-state index is -0.211. The molecule has 58 valence electrons. The van der Waals surface area contributed by atoms with E-state index < -0.39 is 0 Å². The van der Waals surface area contributed by atoms with E-state index in [4.69, 9.17) is 14.9 Å². The molecule has 0 aliphatic heterocycles. The van der Waals surface area contributed by atoms with Crippen molar-refractivity contribution in [3.05, 3.63) is 0 Å². The fourth-order valence-corrected chi connectivity index (χ4v) is 0.558. The largest absolute Gasteiger partial charge is 0.356 e. The topological polar surface area (TPSA) is 54.7 Å². The van der Waals surface area contributed by atoms with Crippen LogP contribution in [0.1, 0.15) is 6.42 Å². The van der Waals surface area contributed by atoms with Crippen molar-refractivity contribution >= 4 is 6.01 Å². The molecule has 0 aliphatic carbocycles. The van der Waals surface area contributed by atoms with E-state index in [0.717, 1.165) is 0 Å². The Bertz CT molecular complexity index is 117. The van der Waals surface area contributed by atoms with E-state index in [9.17, 15) is 0 Å². The zero-order valence-corrected chi connectivity index (χ0v) is 6.26. The van der Waals surface area contributed by atoms with Gasteiger partial charge in [0.05, 0.1) is 12.6 Å². The van der Waals surface area contributed by atoms with E-state index in [2.05, 4.69) is 4.99 Å². The van der Waals surface area contributed by atoms with Crippen molar-refractivity contribution in [2.45, 2.75) is 12.7 Å². The van der Waals surface area contributed by atoms with Crippen molar-refractivity contribution in [2.75, 3.05) is 20.8 Å². The highest BCUT2D eigenvalue weighted by Crippen LogP contribution is 1.96. The monoisotopic (exact) mass is 144 g/mol. The van der Waals surface area contributed by atoms with Crippen LogP contribution in [-0.4, -0.2) is 33.1 Å². The Hall–Kier alpha value is -0.700. The molecule has 4 nitrogen and oxygen atoms in total. The fourth-order valence-electron chi connectivity index (χ4n) is 0.558. The van der Waals surface area contributed by atoms with Crippen LogP contribution < -0.4 is 0 Å². The smallest absolute Gasteiger partial charge is 0.158 e. The van der Waals surface area contributed by atoms with Gasteiger partial charge in [-0.25, -0.2) is 10.4 Å². The molecule has 0 amide bonds. The first-order valence-corrected chi connectivity index (χ1v) is 2.99. The van der Waals surface area contributed by atoms with Crippen LogP contribution in [0, 0.1) is 5.41 Å². The van der Waals surface area contributed by atoms with E-state index >= 15 is 0 Å². The van der Waals surface area contributed by atoms with E-state index in [0.29, 0.717) is 13.0 Å². The number of nitrogens with one attached hydrogen (secondary N) is 1. The number of nitrogens with zero attached hydrogens (tertiary/aromatic N) is 1. The Labute approximate surface area is 60.4 Å². The lowest BCUT2D eigenvalue weighted by Gasteiger charge is -2.10. The Morgan fingerprint density at radius 1 is 1.50 bits per heavy atom. The predicted octanol–water partition coefficient (Wildman–Crippen LogP) is 0.748. The number of aliphatic imine (C=N–C) groups is 1. The molecule has 0 radical (unpaired) electrons. The third-order valence-corrected chi connectivity index (χ3v) is 1.08. The van der Waals surface area contributed by atoms with Crippen LogP contribution in [0.15, 0.2) is 4.99 Å². The van der Waals surface area contributed by atoms with Gasteiger partial charge in [-0.15, -0.1) is 0 Å². The molecule has 0 spiro atoms. The molecular weight excluding hydrogens is 132 g/mol. The lowest BCUT2D eigenvalue weighted by Crippen LogP contribution is -2.13. The zero-order valence-electron chi connectivity index (χ0n) is 6.26.